The topological polar surface area (TPSA) is 100 Å². The number of carbonyl (C=O) groups excluding carboxylic acids is 1. The van der Waals surface area contributed by atoms with E-state index in [1.54, 1.807) is 28.5 Å². The fourth-order valence-electron chi connectivity index (χ4n) is 3.30. The number of benzene rings is 1. The minimum atomic E-state index is -0.966. The van der Waals surface area contributed by atoms with E-state index in [0.717, 1.165) is 5.56 Å². The van der Waals surface area contributed by atoms with Crippen molar-refractivity contribution in [3.8, 4) is 0 Å². The van der Waals surface area contributed by atoms with Crippen molar-refractivity contribution in [2.24, 2.45) is 0 Å². The molecule has 1 amide bonds. The van der Waals surface area contributed by atoms with E-state index in [2.05, 4.69) is 15.5 Å². The molecule has 0 aliphatic carbocycles. The van der Waals surface area contributed by atoms with Gasteiger partial charge >= 0.3 is 5.97 Å². The molecule has 144 valence electrons. The van der Waals surface area contributed by atoms with Gasteiger partial charge in [0, 0.05) is 5.02 Å². The summed E-state index contributed by atoms with van der Waals surface area (Å²) < 4.78 is 1.79. The number of carbonyl (C=O) groups is 2. The summed E-state index contributed by atoms with van der Waals surface area (Å²) in [4.78, 5) is 25.9. The highest BCUT2D eigenvalue weighted by Crippen LogP contribution is 2.20. The van der Waals surface area contributed by atoms with Crippen LogP contribution in [0.2, 0.25) is 5.02 Å². The summed E-state index contributed by atoms with van der Waals surface area (Å²) in [5.74, 6) is 0.149. The maximum absolute atomic E-state index is 12.6. The highest BCUT2D eigenvalue weighted by atomic mass is 35.5. The fourth-order valence-corrected chi connectivity index (χ4v) is 3.43. The van der Waals surface area contributed by atoms with Crippen LogP contribution in [-0.4, -0.2) is 49.2 Å². The van der Waals surface area contributed by atoms with Crippen LogP contribution in [-0.2, 0) is 22.7 Å². The average molecular weight is 392 g/mol. The zero-order valence-electron chi connectivity index (χ0n) is 15.2. The van der Waals surface area contributed by atoms with Gasteiger partial charge in [-0.2, -0.15) is 0 Å². The third-order valence-electron chi connectivity index (χ3n) is 4.80. The van der Waals surface area contributed by atoms with Crippen molar-refractivity contribution in [3.05, 3.63) is 46.5 Å². The van der Waals surface area contributed by atoms with E-state index in [1.165, 1.54) is 0 Å². The van der Waals surface area contributed by atoms with Gasteiger partial charge in [0.15, 0.2) is 0 Å². The van der Waals surface area contributed by atoms with Crippen molar-refractivity contribution in [3.63, 3.8) is 0 Å². The largest absolute Gasteiger partial charge is 0.480 e. The Balaban J connectivity index is 1.70. The molecule has 2 N–H and O–H groups in total. The van der Waals surface area contributed by atoms with Crippen molar-refractivity contribution in [1.29, 1.82) is 0 Å². The van der Waals surface area contributed by atoms with E-state index in [9.17, 15) is 14.7 Å². The van der Waals surface area contributed by atoms with E-state index in [4.69, 9.17) is 11.6 Å². The average Bonchev–Trinajstić information content (AvgIpc) is 3.00. The van der Waals surface area contributed by atoms with Gasteiger partial charge in [-0.25, -0.2) is 0 Å². The van der Waals surface area contributed by atoms with Crippen molar-refractivity contribution in [2.75, 3.05) is 6.54 Å². The number of fused-ring (bicyclic) bond motifs is 1. The normalized spacial score (nSPS) is 18.0. The monoisotopic (exact) mass is 391 g/mol. The zero-order chi connectivity index (χ0) is 19.6. The van der Waals surface area contributed by atoms with Crippen LogP contribution in [0.1, 0.15) is 36.6 Å². The van der Waals surface area contributed by atoms with Crippen LogP contribution in [0.4, 0.5) is 0 Å². The number of hydrogen-bond acceptors (Lipinski definition) is 5. The van der Waals surface area contributed by atoms with E-state index in [1.807, 2.05) is 19.1 Å². The number of nitrogens with one attached hydrogen (secondary N) is 1. The summed E-state index contributed by atoms with van der Waals surface area (Å²) >= 11 is 5.92. The minimum Gasteiger partial charge on any atom is -0.480 e. The first-order chi connectivity index (χ1) is 12.9. The molecule has 1 aromatic carbocycles. The van der Waals surface area contributed by atoms with Gasteiger partial charge in [0.2, 0.25) is 5.91 Å². The second-order valence-corrected chi connectivity index (χ2v) is 7.05. The predicted molar refractivity (Wildman–Crippen MR) is 99.2 cm³/mol. The molecular weight excluding hydrogens is 370 g/mol. The van der Waals surface area contributed by atoms with Crippen molar-refractivity contribution >= 4 is 23.5 Å². The van der Waals surface area contributed by atoms with E-state index in [-0.39, 0.29) is 31.6 Å². The van der Waals surface area contributed by atoms with Crippen LogP contribution in [0.3, 0.4) is 0 Å². The standard InChI is InChI=1S/C18H22ClN5O3/c1-3-14(12-4-6-13(19)7-5-12)20-17(25)10-23-9-16-22-21-11(2)24(16)8-15(23)18(26)27/h4-7,14-15H,3,8-10H2,1-2H3,(H,20,25)(H,26,27). The SMILES string of the molecule is CCC(NC(=O)CN1Cc2nnc(C)n2CC1C(=O)O)c1ccc(Cl)cc1. The first kappa shape index (κ1) is 19.3. The number of nitrogens with zero attached hydrogens (tertiary/aromatic N) is 4. The number of halogens is 1. The molecule has 2 aromatic rings. The number of carboxylic acids is 1. The molecule has 1 aliphatic heterocycles. The summed E-state index contributed by atoms with van der Waals surface area (Å²) in [7, 11) is 0. The Bertz CT molecular complexity index is 836. The molecule has 0 spiro atoms. The maximum Gasteiger partial charge on any atom is 0.322 e. The molecule has 0 radical (unpaired) electrons. The van der Waals surface area contributed by atoms with Gasteiger partial charge in [0.25, 0.3) is 0 Å². The molecular formula is C18H22ClN5O3. The van der Waals surface area contributed by atoms with Crippen LogP contribution < -0.4 is 5.32 Å². The van der Waals surface area contributed by atoms with E-state index >= 15 is 0 Å². The summed E-state index contributed by atoms with van der Waals surface area (Å²) in [6, 6.07) is 6.37. The Kier molecular flexibility index (Phi) is 5.76. The molecule has 2 unspecified atom stereocenters. The van der Waals surface area contributed by atoms with Crippen molar-refractivity contribution in [1.82, 2.24) is 25.0 Å². The molecule has 9 heteroatoms. The van der Waals surface area contributed by atoms with Crippen LogP contribution in [0, 0.1) is 6.92 Å². The molecule has 8 nitrogen and oxygen atoms in total. The number of aromatic nitrogens is 3. The molecule has 0 fully saturated rings. The second kappa shape index (κ2) is 8.06. The van der Waals surface area contributed by atoms with Crippen molar-refractivity contribution in [2.45, 2.75) is 45.4 Å². The van der Waals surface area contributed by atoms with Gasteiger partial charge < -0.3 is 15.0 Å². The van der Waals surface area contributed by atoms with E-state index in [0.29, 0.717) is 23.1 Å². The second-order valence-electron chi connectivity index (χ2n) is 6.61. The lowest BCUT2D eigenvalue weighted by Gasteiger charge is -2.33. The van der Waals surface area contributed by atoms with Gasteiger partial charge in [-0.1, -0.05) is 30.7 Å². The van der Waals surface area contributed by atoms with Crippen molar-refractivity contribution < 1.29 is 14.7 Å². The Labute approximate surface area is 162 Å². The van der Waals surface area contributed by atoms with Crippen LogP contribution >= 0.6 is 11.6 Å². The lowest BCUT2D eigenvalue weighted by molar-refractivity contribution is -0.145. The molecule has 2 heterocycles. The number of carboxylic acid groups (broad SMARTS) is 1. The number of rotatable bonds is 6. The number of hydrogen-bond donors (Lipinski definition) is 2. The smallest absolute Gasteiger partial charge is 0.322 e. The van der Waals surface area contributed by atoms with Crippen LogP contribution in [0.5, 0.6) is 0 Å². The lowest BCUT2D eigenvalue weighted by atomic mass is 10.0. The van der Waals surface area contributed by atoms with Gasteiger partial charge in [-0.15, -0.1) is 10.2 Å². The molecule has 3 rings (SSSR count). The molecule has 1 aromatic heterocycles. The highest BCUT2D eigenvalue weighted by Gasteiger charge is 2.34. The highest BCUT2D eigenvalue weighted by molar-refractivity contribution is 6.30. The lowest BCUT2D eigenvalue weighted by Crippen LogP contribution is -2.51. The number of aryl methyl sites for hydroxylation is 1. The third-order valence-corrected chi connectivity index (χ3v) is 5.05. The first-order valence-corrected chi connectivity index (χ1v) is 9.17. The molecule has 27 heavy (non-hydrogen) atoms. The number of amides is 1. The molecule has 0 saturated carbocycles. The van der Waals surface area contributed by atoms with Gasteiger partial charge in [-0.05, 0) is 31.0 Å². The molecule has 2 atom stereocenters. The Morgan fingerprint density at radius 1 is 1.33 bits per heavy atom. The fraction of sp³-hybridized carbons (Fsp3) is 0.444. The Hall–Kier alpha value is -2.45. The van der Waals surface area contributed by atoms with Gasteiger partial charge in [-0.3, -0.25) is 14.5 Å². The molecule has 0 saturated heterocycles. The van der Waals surface area contributed by atoms with Gasteiger partial charge in [0.1, 0.15) is 17.7 Å². The van der Waals surface area contributed by atoms with E-state index < -0.39 is 12.0 Å². The number of aliphatic carboxylic acids is 1. The zero-order valence-corrected chi connectivity index (χ0v) is 16.0. The quantitative estimate of drug-likeness (QED) is 0.778. The first-order valence-electron chi connectivity index (χ1n) is 8.79. The third kappa shape index (κ3) is 4.28. The predicted octanol–water partition coefficient (Wildman–Crippen LogP) is 1.78. The van der Waals surface area contributed by atoms with Crippen LogP contribution in [0.15, 0.2) is 24.3 Å². The minimum absolute atomic E-state index is 0.0209. The molecule has 1 aliphatic rings. The Morgan fingerprint density at radius 2 is 2.04 bits per heavy atom. The summed E-state index contributed by atoms with van der Waals surface area (Å²) in [6.45, 7) is 4.24. The summed E-state index contributed by atoms with van der Waals surface area (Å²) in [6.07, 6.45) is 0.712. The summed E-state index contributed by atoms with van der Waals surface area (Å²) in [5.41, 5.74) is 0.957. The maximum atomic E-state index is 12.6. The molecule has 0 bridgehead atoms. The summed E-state index contributed by atoms with van der Waals surface area (Å²) in [5, 5.41) is 21.3. The van der Waals surface area contributed by atoms with Crippen LogP contribution in [0.25, 0.3) is 0 Å². The Morgan fingerprint density at radius 3 is 2.67 bits per heavy atom. The van der Waals surface area contributed by atoms with Gasteiger partial charge in [0.05, 0.1) is 25.7 Å².